The van der Waals surface area contributed by atoms with Crippen molar-refractivity contribution < 1.29 is 9.53 Å². The monoisotopic (exact) mass is 486 g/mol. The summed E-state index contributed by atoms with van der Waals surface area (Å²) in [7, 11) is 0. The van der Waals surface area contributed by atoms with Crippen LogP contribution in [0.15, 0.2) is 60.8 Å². The van der Waals surface area contributed by atoms with Crippen LogP contribution in [0.4, 0.5) is 0 Å². The number of carbonyl (C=O) groups excluding carboxylic acids is 1. The largest absolute Gasteiger partial charge is 0.493 e. The highest BCUT2D eigenvalue weighted by molar-refractivity contribution is 5.83. The second-order valence-corrected chi connectivity index (χ2v) is 10.6. The maximum absolute atomic E-state index is 13.3. The van der Waals surface area contributed by atoms with Crippen molar-refractivity contribution in [3.8, 4) is 5.75 Å². The van der Waals surface area contributed by atoms with Crippen molar-refractivity contribution in [3.63, 3.8) is 0 Å². The Kier molecular flexibility index (Phi) is 7.99. The summed E-state index contributed by atoms with van der Waals surface area (Å²) in [6.45, 7) is 3.28. The fourth-order valence-corrected chi connectivity index (χ4v) is 5.27. The molecule has 2 fully saturated rings. The second kappa shape index (κ2) is 11.7. The van der Waals surface area contributed by atoms with Crippen LogP contribution in [0.25, 0.3) is 0 Å². The molecule has 0 spiro atoms. The van der Waals surface area contributed by atoms with Gasteiger partial charge >= 0.3 is 0 Å². The minimum atomic E-state index is -0.243. The van der Waals surface area contributed by atoms with Gasteiger partial charge in [-0.25, -0.2) is 4.68 Å². The summed E-state index contributed by atoms with van der Waals surface area (Å²) in [4.78, 5) is 13.3. The zero-order valence-corrected chi connectivity index (χ0v) is 21.3. The van der Waals surface area contributed by atoms with E-state index in [4.69, 9.17) is 4.74 Å². The highest BCUT2D eigenvalue weighted by Gasteiger charge is 2.23. The van der Waals surface area contributed by atoms with Crippen LogP contribution < -0.4 is 10.1 Å². The Morgan fingerprint density at radius 3 is 2.42 bits per heavy atom. The molecule has 2 saturated carbocycles. The number of carbonyl (C=O) groups is 1. The first-order valence-corrected chi connectivity index (χ1v) is 13.6. The normalized spacial score (nSPS) is 18.2. The van der Waals surface area contributed by atoms with Crippen LogP contribution >= 0.6 is 0 Å². The van der Waals surface area contributed by atoms with Crippen molar-refractivity contribution in [1.29, 1.82) is 0 Å². The number of nitrogens with one attached hydrogen (secondary N) is 1. The van der Waals surface area contributed by atoms with Gasteiger partial charge in [0, 0.05) is 12.1 Å². The van der Waals surface area contributed by atoms with Crippen LogP contribution in [0.1, 0.15) is 93.0 Å². The van der Waals surface area contributed by atoms with E-state index in [1.54, 1.807) is 0 Å². The highest BCUT2D eigenvalue weighted by atomic mass is 16.5. The molecule has 0 saturated heterocycles. The average molecular weight is 487 g/mol. The number of ether oxygens (including phenoxy) is 1. The molecule has 3 aromatic rings. The van der Waals surface area contributed by atoms with E-state index >= 15 is 0 Å². The van der Waals surface area contributed by atoms with Gasteiger partial charge < -0.3 is 10.1 Å². The molecule has 36 heavy (non-hydrogen) atoms. The predicted molar refractivity (Wildman–Crippen MR) is 141 cm³/mol. The summed E-state index contributed by atoms with van der Waals surface area (Å²) in [5.74, 6) is 1.85. The molecule has 1 amide bonds. The third-order valence-corrected chi connectivity index (χ3v) is 7.95. The van der Waals surface area contributed by atoms with Crippen molar-refractivity contribution in [2.24, 2.45) is 5.92 Å². The third kappa shape index (κ3) is 6.15. The lowest BCUT2D eigenvalue weighted by Crippen LogP contribution is -2.34. The predicted octanol–water partition coefficient (Wildman–Crippen LogP) is 6.17. The maximum Gasteiger partial charge on any atom is 0.227 e. The van der Waals surface area contributed by atoms with E-state index in [-0.39, 0.29) is 17.9 Å². The number of aromatic nitrogens is 3. The molecule has 0 aliphatic heterocycles. The Morgan fingerprint density at radius 2 is 1.72 bits per heavy atom. The quantitative estimate of drug-likeness (QED) is 0.372. The molecule has 2 atom stereocenters. The zero-order valence-electron chi connectivity index (χ0n) is 21.3. The van der Waals surface area contributed by atoms with E-state index in [1.807, 2.05) is 54.1 Å². The summed E-state index contributed by atoms with van der Waals surface area (Å²) in [5.41, 5.74) is 3.13. The lowest BCUT2D eigenvalue weighted by Gasteiger charge is -2.25. The first-order chi connectivity index (χ1) is 17.7. The van der Waals surface area contributed by atoms with Crippen LogP contribution in [0.5, 0.6) is 5.75 Å². The number of hydrogen-bond acceptors (Lipinski definition) is 4. The standard InChI is InChI=1S/C30H38N4O2/c1-22(24-11-4-2-5-12-24)30(35)31-28(19-34-20-29(32-33-34)25-13-6-3-7-14-25)26-15-17-27(18-16-26)36-21-23-9-8-10-23/h2,4-5,11-12,15-18,20,22-23,25,28H,3,6-10,13-14,19,21H2,1H3,(H,31,35)/t22-,28-/m0/s1. The Labute approximate surface area is 214 Å². The average Bonchev–Trinajstić information content (AvgIpc) is 3.37. The van der Waals surface area contributed by atoms with Gasteiger partial charge in [-0.05, 0) is 61.8 Å². The molecule has 1 heterocycles. The number of amides is 1. The number of nitrogens with zero attached hydrogens (tertiary/aromatic N) is 3. The molecule has 0 bridgehead atoms. The van der Waals surface area contributed by atoms with Gasteiger partial charge in [0.2, 0.25) is 5.91 Å². The molecular weight excluding hydrogens is 448 g/mol. The maximum atomic E-state index is 13.3. The molecule has 0 unspecified atom stereocenters. The molecule has 2 aromatic carbocycles. The van der Waals surface area contributed by atoms with Crippen molar-refractivity contribution in [2.45, 2.75) is 82.7 Å². The molecular formula is C30H38N4O2. The Bertz CT molecular complexity index is 1100. The molecule has 2 aliphatic rings. The topological polar surface area (TPSA) is 69.0 Å². The van der Waals surface area contributed by atoms with Crippen molar-refractivity contribution in [2.75, 3.05) is 6.61 Å². The summed E-state index contributed by atoms with van der Waals surface area (Å²) in [6.07, 6.45) is 12.2. The number of benzene rings is 2. The van der Waals surface area contributed by atoms with Crippen LogP contribution in [-0.2, 0) is 11.3 Å². The molecule has 6 nitrogen and oxygen atoms in total. The van der Waals surface area contributed by atoms with Gasteiger partial charge in [0.05, 0.1) is 30.8 Å². The van der Waals surface area contributed by atoms with Gasteiger partial charge in [-0.3, -0.25) is 4.79 Å². The van der Waals surface area contributed by atoms with Gasteiger partial charge in [-0.2, -0.15) is 0 Å². The smallest absolute Gasteiger partial charge is 0.227 e. The van der Waals surface area contributed by atoms with E-state index in [0.29, 0.717) is 18.4 Å². The fraction of sp³-hybridized carbons (Fsp3) is 0.500. The van der Waals surface area contributed by atoms with Crippen LogP contribution in [0.3, 0.4) is 0 Å². The van der Waals surface area contributed by atoms with Gasteiger partial charge in [0.1, 0.15) is 5.75 Å². The van der Waals surface area contributed by atoms with E-state index in [2.05, 4.69) is 34.0 Å². The van der Waals surface area contributed by atoms with Gasteiger partial charge in [-0.1, -0.05) is 73.4 Å². The highest BCUT2D eigenvalue weighted by Crippen LogP contribution is 2.32. The SMILES string of the molecule is C[C@H](C(=O)N[C@@H](Cn1cc(C2CCCCC2)nn1)c1ccc(OCC2CCC2)cc1)c1ccccc1. The molecule has 5 rings (SSSR count). The Balaban J connectivity index is 1.30. The van der Waals surface area contributed by atoms with Gasteiger partial charge in [-0.15, -0.1) is 5.10 Å². The zero-order chi connectivity index (χ0) is 24.7. The molecule has 0 radical (unpaired) electrons. The van der Waals surface area contributed by atoms with E-state index in [0.717, 1.165) is 29.2 Å². The molecule has 6 heteroatoms. The van der Waals surface area contributed by atoms with Crippen molar-refractivity contribution >= 4 is 5.91 Å². The van der Waals surface area contributed by atoms with Crippen molar-refractivity contribution in [3.05, 3.63) is 77.6 Å². The third-order valence-electron chi connectivity index (χ3n) is 7.95. The Hall–Kier alpha value is -3.15. The summed E-state index contributed by atoms with van der Waals surface area (Å²) >= 11 is 0. The first-order valence-electron chi connectivity index (χ1n) is 13.6. The first kappa shape index (κ1) is 24.5. The number of rotatable bonds is 10. The van der Waals surface area contributed by atoms with Crippen molar-refractivity contribution in [1.82, 2.24) is 20.3 Å². The minimum absolute atomic E-state index is 0.00382. The fourth-order valence-electron chi connectivity index (χ4n) is 5.27. The molecule has 2 aliphatic carbocycles. The molecule has 1 aromatic heterocycles. The summed E-state index contributed by atoms with van der Waals surface area (Å²) in [5, 5.41) is 12.2. The second-order valence-electron chi connectivity index (χ2n) is 10.6. The lowest BCUT2D eigenvalue weighted by atomic mass is 9.86. The van der Waals surface area contributed by atoms with E-state index < -0.39 is 0 Å². The summed E-state index contributed by atoms with van der Waals surface area (Å²) in [6, 6.07) is 17.9. The van der Waals surface area contributed by atoms with Crippen LogP contribution in [-0.4, -0.2) is 27.5 Å². The van der Waals surface area contributed by atoms with Crippen LogP contribution in [0, 0.1) is 5.92 Å². The Morgan fingerprint density at radius 1 is 0.972 bits per heavy atom. The minimum Gasteiger partial charge on any atom is -0.493 e. The van der Waals surface area contributed by atoms with Gasteiger partial charge in [0.15, 0.2) is 0 Å². The molecule has 1 N–H and O–H groups in total. The number of hydrogen-bond donors (Lipinski definition) is 1. The van der Waals surface area contributed by atoms with Crippen LogP contribution in [0.2, 0.25) is 0 Å². The summed E-state index contributed by atoms with van der Waals surface area (Å²) < 4.78 is 7.89. The van der Waals surface area contributed by atoms with E-state index in [9.17, 15) is 4.79 Å². The molecule has 190 valence electrons. The van der Waals surface area contributed by atoms with Gasteiger partial charge in [0.25, 0.3) is 0 Å². The lowest BCUT2D eigenvalue weighted by molar-refractivity contribution is -0.123. The van der Waals surface area contributed by atoms with E-state index in [1.165, 1.54) is 51.4 Å².